The summed E-state index contributed by atoms with van der Waals surface area (Å²) in [6, 6.07) is 15.2. The van der Waals surface area contributed by atoms with Gasteiger partial charge in [0.1, 0.15) is 0 Å². The van der Waals surface area contributed by atoms with E-state index in [0.717, 1.165) is 32.7 Å². The van der Waals surface area contributed by atoms with E-state index in [1.165, 1.54) is 0 Å². The predicted octanol–water partition coefficient (Wildman–Crippen LogP) is 7.09. The number of nitrogens with zero attached hydrogens (tertiary/aromatic N) is 2. The number of aromatic nitrogens is 1. The van der Waals surface area contributed by atoms with Crippen LogP contribution in [0, 0.1) is 20.8 Å². The molecule has 2 aromatic carbocycles. The van der Waals surface area contributed by atoms with Gasteiger partial charge in [-0.3, -0.25) is 9.69 Å². The molecular formula is C28H26BrClN2O3. The first kappa shape index (κ1) is 25.0. The maximum Gasteiger partial charge on any atom is 0.340 e. The second-order valence-electron chi connectivity index (χ2n) is 8.45. The van der Waals surface area contributed by atoms with E-state index in [-0.39, 0.29) is 18.1 Å². The Balaban J connectivity index is 1.86. The highest BCUT2D eigenvalue weighted by Crippen LogP contribution is 2.37. The van der Waals surface area contributed by atoms with Crippen molar-refractivity contribution in [2.45, 2.75) is 34.6 Å². The van der Waals surface area contributed by atoms with Crippen LogP contribution in [-0.4, -0.2) is 23.1 Å². The largest absolute Gasteiger partial charge is 0.462 e. The highest BCUT2D eigenvalue weighted by Gasteiger charge is 2.38. The maximum absolute atomic E-state index is 13.7. The molecule has 1 aliphatic heterocycles. The molecule has 3 aromatic rings. The first-order chi connectivity index (χ1) is 16.6. The fourth-order valence-electron chi connectivity index (χ4n) is 4.47. The lowest BCUT2D eigenvalue weighted by atomic mass is 10.0. The Morgan fingerprint density at radius 3 is 2.40 bits per heavy atom. The number of hydrogen-bond acceptors (Lipinski definition) is 3. The zero-order valence-corrected chi connectivity index (χ0v) is 22.6. The molecule has 4 rings (SSSR count). The van der Waals surface area contributed by atoms with Crippen LogP contribution in [0.25, 0.3) is 11.8 Å². The van der Waals surface area contributed by atoms with Crippen LogP contribution in [0.4, 0.5) is 5.69 Å². The van der Waals surface area contributed by atoms with Crippen LogP contribution in [-0.2, 0) is 14.3 Å². The van der Waals surface area contributed by atoms with Crippen LogP contribution in [0.3, 0.4) is 0 Å². The molecular weight excluding hydrogens is 528 g/mol. The fraction of sp³-hybridized carbons (Fsp3) is 0.214. The Bertz CT molecular complexity index is 1400. The second-order valence-corrected chi connectivity index (χ2v) is 9.80. The summed E-state index contributed by atoms with van der Waals surface area (Å²) in [5.74, 6) is -0.777. The van der Waals surface area contributed by atoms with Crippen molar-refractivity contribution in [2.24, 2.45) is 0 Å². The van der Waals surface area contributed by atoms with Crippen LogP contribution in [0.15, 0.2) is 69.8 Å². The van der Waals surface area contributed by atoms with Crippen LogP contribution < -0.4 is 4.90 Å². The van der Waals surface area contributed by atoms with E-state index in [0.29, 0.717) is 22.0 Å². The molecule has 0 N–H and O–H groups in total. The number of amides is 1. The number of aryl methyl sites for hydroxylation is 2. The molecule has 0 saturated carbocycles. The van der Waals surface area contributed by atoms with E-state index in [2.05, 4.69) is 20.5 Å². The van der Waals surface area contributed by atoms with Crippen molar-refractivity contribution >= 4 is 51.2 Å². The van der Waals surface area contributed by atoms with Gasteiger partial charge < -0.3 is 9.30 Å². The molecule has 35 heavy (non-hydrogen) atoms. The molecule has 1 amide bonds. The lowest BCUT2D eigenvalue weighted by Crippen LogP contribution is -2.24. The third-order valence-electron chi connectivity index (χ3n) is 6.15. The van der Waals surface area contributed by atoms with Crippen molar-refractivity contribution in [2.75, 3.05) is 11.5 Å². The number of carbonyl (C=O) groups excluding carboxylic acids is 2. The first-order valence-electron chi connectivity index (χ1n) is 11.3. The summed E-state index contributed by atoms with van der Waals surface area (Å²) in [6.07, 6.45) is 1.79. The van der Waals surface area contributed by atoms with E-state index < -0.39 is 5.97 Å². The Kier molecular flexibility index (Phi) is 7.06. The summed E-state index contributed by atoms with van der Waals surface area (Å²) >= 11 is 9.71. The summed E-state index contributed by atoms with van der Waals surface area (Å²) in [5.41, 5.74) is 6.65. The zero-order valence-electron chi connectivity index (χ0n) is 20.3. The summed E-state index contributed by atoms with van der Waals surface area (Å²) in [7, 11) is 0. The Morgan fingerprint density at radius 2 is 1.74 bits per heavy atom. The smallest absolute Gasteiger partial charge is 0.340 e. The average molecular weight is 554 g/mol. The average Bonchev–Trinajstić information content (AvgIpc) is 3.22. The lowest BCUT2D eigenvalue weighted by Gasteiger charge is -2.18. The van der Waals surface area contributed by atoms with Crippen molar-refractivity contribution < 1.29 is 14.3 Å². The summed E-state index contributed by atoms with van der Waals surface area (Å²) in [5, 5.41) is 0.650. The van der Waals surface area contributed by atoms with Crippen LogP contribution in [0.1, 0.15) is 36.4 Å². The van der Waals surface area contributed by atoms with Crippen LogP contribution >= 0.6 is 27.5 Å². The van der Waals surface area contributed by atoms with Crippen molar-refractivity contribution in [1.29, 1.82) is 0 Å². The predicted molar refractivity (Wildman–Crippen MR) is 144 cm³/mol. The van der Waals surface area contributed by atoms with E-state index >= 15 is 0 Å². The number of ether oxygens (including phenoxy) is 1. The number of anilines is 1. The van der Waals surface area contributed by atoms with Crippen molar-refractivity contribution in [3.8, 4) is 5.69 Å². The number of carbonyl (C=O) groups is 2. The molecule has 2 heterocycles. The molecule has 1 aromatic heterocycles. The van der Waals surface area contributed by atoms with Crippen LogP contribution in [0.5, 0.6) is 0 Å². The number of hydrogen-bond donors (Lipinski definition) is 0. The van der Waals surface area contributed by atoms with Gasteiger partial charge in [-0.25, -0.2) is 4.79 Å². The van der Waals surface area contributed by atoms with Gasteiger partial charge in [0, 0.05) is 38.0 Å². The minimum absolute atomic E-state index is 0.220. The minimum Gasteiger partial charge on any atom is -0.462 e. The number of halogens is 2. The molecule has 0 spiro atoms. The standard InChI is InChI=1S/C28H26BrClN2O3/c1-6-35-28(34)26-19(5)32(23-11-8-21(29)9-12-23)27(33)24(26)14-20-13-17(3)31(18(20)4)25-15-22(30)10-7-16(25)2/h7-15H,6H2,1-5H3/b24-14-. The summed E-state index contributed by atoms with van der Waals surface area (Å²) in [6.45, 7) is 9.77. The number of allylic oxidation sites excluding steroid dienone is 1. The molecule has 7 heteroatoms. The van der Waals surface area contributed by atoms with E-state index in [1.54, 1.807) is 24.8 Å². The summed E-state index contributed by atoms with van der Waals surface area (Å²) in [4.78, 5) is 28.2. The van der Waals surface area contributed by atoms with Gasteiger partial charge >= 0.3 is 5.97 Å². The molecule has 0 bridgehead atoms. The molecule has 0 aliphatic carbocycles. The van der Waals surface area contributed by atoms with Gasteiger partial charge in [-0.1, -0.05) is 33.6 Å². The fourth-order valence-corrected chi connectivity index (χ4v) is 4.90. The van der Waals surface area contributed by atoms with Gasteiger partial charge in [0.15, 0.2) is 0 Å². The zero-order chi connectivity index (χ0) is 25.4. The minimum atomic E-state index is -0.510. The SMILES string of the molecule is CCOC(=O)C1=C(C)N(c2ccc(Br)cc2)C(=O)/C1=C\c1cc(C)n(-c2cc(Cl)ccc2C)c1C. The summed E-state index contributed by atoms with van der Waals surface area (Å²) < 4.78 is 8.34. The Labute approximate surface area is 218 Å². The van der Waals surface area contributed by atoms with Crippen molar-refractivity contribution in [3.05, 3.63) is 97.4 Å². The quantitative estimate of drug-likeness (QED) is 0.250. The molecule has 1 aliphatic rings. The highest BCUT2D eigenvalue weighted by atomic mass is 79.9. The molecule has 0 fully saturated rings. The second kappa shape index (κ2) is 9.88. The molecule has 180 valence electrons. The third kappa shape index (κ3) is 4.60. The van der Waals surface area contributed by atoms with Crippen LogP contribution in [0.2, 0.25) is 5.02 Å². The maximum atomic E-state index is 13.7. The van der Waals surface area contributed by atoms with Gasteiger partial charge in [-0.2, -0.15) is 0 Å². The highest BCUT2D eigenvalue weighted by molar-refractivity contribution is 9.10. The molecule has 0 atom stereocenters. The normalized spacial score (nSPS) is 14.9. The molecule has 0 saturated heterocycles. The molecule has 0 radical (unpaired) electrons. The van der Waals surface area contributed by atoms with Gasteiger partial charge in [0.05, 0.1) is 17.8 Å². The lowest BCUT2D eigenvalue weighted by molar-refractivity contribution is -0.138. The van der Waals surface area contributed by atoms with E-state index in [1.807, 2.05) is 69.3 Å². The van der Waals surface area contributed by atoms with Crippen molar-refractivity contribution in [1.82, 2.24) is 4.57 Å². The topological polar surface area (TPSA) is 51.5 Å². The first-order valence-corrected chi connectivity index (χ1v) is 12.5. The van der Waals surface area contributed by atoms with Gasteiger partial charge in [0.2, 0.25) is 0 Å². The number of benzene rings is 2. The number of rotatable bonds is 5. The number of esters is 1. The van der Waals surface area contributed by atoms with Crippen molar-refractivity contribution in [3.63, 3.8) is 0 Å². The molecule has 5 nitrogen and oxygen atoms in total. The third-order valence-corrected chi connectivity index (χ3v) is 6.91. The van der Waals surface area contributed by atoms with Gasteiger partial charge in [0.25, 0.3) is 5.91 Å². The van der Waals surface area contributed by atoms with E-state index in [4.69, 9.17) is 16.3 Å². The van der Waals surface area contributed by atoms with Gasteiger partial charge in [-0.15, -0.1) is 0 Å². The molecule has 0 unspecified atom stereocenters. The Morgan fingerprint density at radius 1 is 1.06 bits per heavy atom. The monoisotopic (exact) mass is 552 g/mol. The van der Waals surface area contributed by atoms with Gasteiger partial charge in [-0.05, 0) is 94.3 Å². The van der Waals surface area contributed by atoms with E-state index in [9.17, 15) is 9.59 Å². The Hall–Kier alpha value is -3.09.